The minimum absolute atomic E-state index is 0.0653. The Kier molecular flexibility index (Phi) is 5.77. The molecular formula is C26H33NO3. The predicted octanol–water partition coefficient (Wildman–Crippen LogP) is 5.45. The largest absolute Gasteiger partial charge is 0.487 e. The number of benzene rings is 2. The molecule has 0 fully saturated rings. The molecule has 1 aliphatic carbocycles. The van der Waals surface area contributed by atoms with Gasteiger partial charge in [0.1, 0.15) is 17.1 Å². The van der Waals surface area contributed by atoms with Crippen molar-refractivity contribution >= 4 is 5.91 Å². The molecule has 1 amide bonds. The van der Waals surface area contributed by atoms with Crippen molar-refractivity contribution in [2.24, 2.45) is 0 Å². The van der Waals surface area contributed by atoms with E-state index in [0.29, 0.717) is 6.42 Å². The first-order chi connectivity index (χ1) is 14.3. The van der Waals surface area contributed by atoms with E-state index in [-0.39, 0.29) is 17.6 Å². The summed E-state index contributed by atoms with van der Waals surface area (Å²) in [5.41, 5.74) is 4.64. The molecule has 0 radical (unpaired) electrons. The minimum atomic E-state index is -0.508. The van der Waals surface area contributed by atoms with E-state index in [1.165, 1.54) is 24.0 Å². The van der Waals surface area contributed by atoms with Crippen LogP contribution in [0.4, 0.5) is 0 Å². The van der Waals surface area contributed by atoms with Gasteiger partial charge < -0.3 is 14.8 Å². The van der Waals surface area contributed by atoms with Crippen LogP contribution in [0, 0.1) is 6.92 Å². The minimum Gasteiger partial charge on any atom is -0.487 e. The van der Waals surface area contributed by atoms with Crippen LogP contribution in [0.2, 0.25) is 0 Å². The second-order valence-corrected chi connectivity index (χ2v) is 9.32. The molecule has 0 bridgehead atoms. The maximum absolute atomic E-state index is 13.1. The van der Waals surface area contributed by atoms with Gasteiger partial charge in [-0.05, 0) is 87.8 Å². The van der Waals surface area contributed by atoms with E-state index in [1.54, 1.807) is 0 Å². The number of nitrogens with one attached hydrogen (secondary N) is 1. The molecule has 1 heterocycles. The second-order valence-electron chi connectivity index (χ2n) is 9.32. The standard InChI is InChI=1S/C26H33NO3/c1-5-23(29-20-12-11-18-8-6-7-9-19(18)15-20)25(28)27-22-16-26(3,4)30-24-14-17(2)10-13-21(22)24/h10-15,22-23H,5-9,16H2,1-4H3,(H,27,28)/t22-,23+/m1/s1. The highest BCUT2D eigenvalue weighted by Gasteiger charge is 2.35. The fraction of sp³-hybridized carbons (Fsp3) is 0.500. The SMILES string of the molecule is CC[C@H](Oc1ccc2c(c1)CCCC2)C(=O)N[C@@H]1CC(C)(C)Oc2cc(C)ccc21. The first-order valence-electron chi connectivity index (χ1n) is 11.2. The number of amides is 1. The van der Waals surface area contributed by atoms with E-state index in [2.05, 4.69) is 56.4 Å². The summed E-state index contributed by atoms with van der Waals surface area (Å²) in [6.07, 6.45) is 5.57. The van der Waals surface area contributed by atoms with Crippen LogP contribution in [-0.2, 0) is 17.6 Å². The molecule has 0 saturated heterocycles. The third kappa shape index (κ3) is 4.48. The van der Waals surface area contributed by atoms with Gasteiger partial charge in [-0.15, -0.1) is 0 Å². The van der Waals surface area contributed by atoms with Crippen molar-refractivity contribution < 1.29 is 14.3 Å². The van der Waals surface area contributed by atoms with Crippen LogP contribution in [0.3, 0.4) is 0 Å². The summed E-state index contributed by atoms with van der Waals surface area (Å²) in [5.74, 6) is 1.59. The van der Waals surface area contributed by atoms with Crippen LogP contribution in [-0.4, -0.2) is 17.6 Å². The summed E-state index contributed by atoms with van der Waals surface area (Å²) >= 11 is 0. The first kappa shape index (κ1) is 20.8. The van der Waals surface area contributed by atoms with Crippen molar-refractivity contribution in [1.82, 2.24) is 5.32 Å². The smallest absolute Gasteiger partial charge is 0.261 e. The van der Waals surface area contributed by atoms with E-state index in [0.717, 1.165) is 41.9 Å². The number of ether oxygens (including phenoxy) is 2. The van der Waals surface area contributed by atoms with E-state index < -0.39 is 6.10 Å². The topological polar surface area (TPSA) is 47.6 Å². The zero-order valence-electron chi connectivity index (χ0n) is 18.6. The summed E-state index contributed by atoms with van der Waals surface area (Å²) in [6.45, 7) is 8.18. The lowest BCUT2D eigenvalue weighted by Crippen LogP contribution is -2.45. The number of hydrogen-bond acceptors (Lipinski definition) is 3. The Balaban J connectivity index is 1.49. The Hall–Kier alpha value is -2.49. The van der Waals surface area contributed by atoms with Gasteiger partial charge in [-0.3, -0.25) is 4.79 Å². The molecule has 160 valence electrons. The number of carbonyl (C=O) groups excluding carboxylic acids is 1. The third-order valence-corrected chi connectivity index (χ3v) is 6.20. The summed E-state index contributed by atoms with van der Waals surface area (Å²) in [6, 6.07) is 12.4. The molecular weight excluding hydrogens is 374 g/mol. The molecule has 2 aromatic carbocycles. The number of carbonyl (C=O) groups is 1. The molecule has 0 unspecified atom stereocenters. The van der Waals surface area contributed by atoms with E-state index in [4.69, 9.17) is 9.47 Å². The van der Waals surface area contributed by atoms with Crippen molar-refractivity contribution in [3.8, 4) is 11.5 Å². The highest BCUT2D eigenvalue weighted by atomic mass is 16.5. The molecule has 0 saturated carbocycles. The lowest BCUT2D eigenvalue weighted by molar-refractivity contribution is -0.129. The number of hydrogen-bond donors (Lipinski definition) is 1. The van der Waals surface area contributed by atoms with Crippen molar-refractivity contribution in [2.45, 2.75) is 84.0 Å². The van der Waals surface area contributed by atoms with Crippen LogP contribution >= 0.6 is 0 Å². The van der Waals surface area contributed by atoms with Gasteiger partial charge in [0.05, 0.1) is 6.04 Å². The summed E-state index contributed by atoms with van der Waals surface area (Å²) in [4.78, 5) is 13.1. The lowest BCUT2D eigenvalue weighted by Gasteiger charge is -2.38. The molecule has 4 heteroatoms. The van der Waals surface area contributed by atoms with Gasteiger partial charge in [0.25, 0.3) is 5.91 Å². The third-order valence-electron chi connectivity index (χ3n) is 6.20. The summed E-state index contributed by atoms with van der Waals surface area (Å²) < 4.78 is 12.3. The van der Waals surface area contributed by atoms with Gasteiger partial charge in [0, 0.05) is 12.0 Å². The quantitative estimate of drug-likeness (QED) is 0.717. The molecule has 0 spiro atoms. The Morgan fingerprint density at radius 2 is 1.93 bits per heavy atom. The molecule has 2 atom stereocenters. The van der Waals surface area contributed by atoms with Crippen LogP contribution in [0.5, 0.6) is 11.5 Å². The normalized spacial score (nSPS) is 20.3. The Morgan fingerprint density at radius 3 is 2.70 bits per heavy atom. The van der Waals surface area contributed by atoms with Crippen molar-refractivity contribution in [3.63, 3.8) is 0 Å². The van der Waals surface area contributed by atoms with E-state index in [1.807, 2.05) is 13.0 Å². The van der Waals surface area contributed by atoms with Gasteiger partial charge in [0.2, 0.25) is 0 Å². The average Bonchev–Trinajstić information content (AvgIpc) is 2.70. The second kappa shape index (κ2) is 8.33. The molecule has 4 nitrogen and oxygen atoms in total. The van der Waals surface area contributed by atoms with Gasteiger partial charge in [0.15, 0.2) is 6.10 Å². The average molecular weight is 408 g/mol. The number of rotatable bonds is 5. The van der Waals surface area contributed by atoms with Crippen LogP contribution < -0.4 is 14.8 Å². The maximum Gasteiger partial charge on any atom is 0.261 e. The van der Waals surface area contributed by atoms with Gasteiger partial charge in [-0.2, -0.15) is 0 Å². The van der Waals surface area contributed by atoms with Crippen molar-refractivity contribution in [2.75, 3.05) is 0 Å². The molecule has 1 aliphatic heterocycles. The number of aryl methyl sites for hydroxylation is 3. The van der Waals surface area contributed by atoms with E-state index in [9.17, 15) is 4.79 Å². The zero-order valence-corrected chi connectivity index (χ0v) is 18.6. The van der Waals surface area contributed by atoms with Crippen LogP contribution in [0.15, 0.2) is 36.4 Å². The van der Waals surface area contributed by atoms with Crippen LogP contribution in [0.1, 0.15) is 74.8 Å². The summed E-state index contributed by atoms with van der Waals surface area (Å²) in [5, 5.41) is 3.24. The Morgan fingerprint density at radius 1 is 1.17 bits per heavy atom. The van der Waals surface area contributed by atoms with Gasteiger partial charge in [-0.25, -0.2) is 0 Å². The van der Waals surface area contributed by atoms with Crippen molar-refractivity contribution in [3.05, 3.63) is 58.7 Å². The molecule has 1 N–H and O–H groups in total. The monoisotopic (exact) mass is 407 g/mol. The van der Waals surface area contributed by atoms with Crippen molar-refractivity contribution in [1.29, 1.82) is 0 Å². The molecule has 0 aromatic heterocycles. The Labute approximate surface area is 180 Å². The maximum atomic E-state index is 13.1. The molecule has 2 aromatic rings. The first-order valence-corrected chi connectivity index (χ1v) is 11.2. The fourth-order valence-electron chi connectivity index (χ4n) is 4.62. The fourth-order valence-corrected chi connectivity index (χ4v) is 4.62. The lowest BCUT2D eigenvalue weighted by atomic mass is 9.89. The highest BCUT2D eigenvalue weighted by Crippen LogP contribution is 2.40. The predicted molar refractivity (Wildman–Crippen MR) is 119 cm³/mol. The molecule has 30 heavy (non-hydrogen) atoms. The van der Waals surface area contributed by atoms with E-state index >= 15 is 0 Å². The van der Waals surface area contributed by atoms with Gasteiger partial charge >= 0.3 is 0 Å². The molecule has 4 rings (SSSR count). The zero-order chi connectivity index (χ0) is 21.3. The van der Waals surface area contributed by atoms with Crippen LogP contribution in [0.25, 0.3) is 0 Å². The van der Waals surface area contributed by atoms with Gasteiger partial charge in [-0.1, -0.05) is 25.1 Å². The number of fused-ring (bicyclic) bond motifs is 2. The Bertz CT molecular complexity index is 934. The molecule has 2 aliphatic rings. The highest BCUT2D eigenvalue weighted by molar-refractivity contribution is 5.81. The summed E-state index contributed by atoms with van der Waals surface area (Å²) in [7, 11) is 0.